The van der Waals surface area contributed by atoms with Gasteiger partial charge in [-0.1, -0.05) is 11.6 Å². The van der Waals surface area contributed by atoms with Gasteiger partial charge < -0.3 is 25.3 Å². The Bertz CT molecular complexity index is 944. The predicted octanol–water partition coefficient (Wildman–Crippen LogP) is 3.26. The van der Waals surface area contributed by atoms with Crippen molar-refractivity contribution in [3.63, 3.8) is 0 Å². The minimum atomic E-state index is -0.510. The van der Waals surface area contributed by atoms with E-state index >= 15 is 0 Å². The zero-order chi connectivity index (χ0) is 24.5. The van der Waals surface area contributed by atoms with Crippen molar-refractivity contribution < 1.29 is 23.8 Å². The van der Waals surface area contributed by atoms with Crippen molar-refractivity contribution in [1.82, 2.24) is 10.6 Å². The van der Waals surface area contributed by atoms with Crippen molar-refractivity contribution in [2.45, 2.75) is 74.4 Å². The van der Waals surface area contributed by atoms with Crippen molar-refractivity contribution in [3.8, 4) is 0 Å². The SMILES string of the molecule is CO[C@H]1C(C2(C)O[C@@H]2CC=C(C)C)[C@]2(CC[C@H]1NC(=O)NC(=O)CSc1ccc(N)cc1)CO2. The number of hydrogen-bond acceptors (Lipinski definition) is 7. The number of ether oxygens (including phenoxy) is 3. The van der Waals surface area contributed by atoms with E-state index in [9.17, 15) is 9.59 Å². The molecule has 9 heteroatoms. The van der Waals surface area contributed by atoms with E-state index in [2.05, 4.69) is 37.5 Å². The summed E-state index contributed by atoms with van der Waals surface area (Å²) in [6, 6.07) is 6.50. The van der Waals surface area contributed by atoms with Crippen LogP contribution in [0.15, 0.2) is 40.8 Å². The second kappa shape index (κ2) is 9.89. The third-order valence-electron chi connectivity index (χ3n) is 7.11. The molecule has 3 fully saturated rings. The van der Waals surface area contributed by atoms with Gasteiger partial charge in [-0.15, -0.1) is 11.8 Å². The lowest BCUT2D eigenvalue weighted by Gasteiger charge is -2.43. The number of imide groups is 1. The molecule has 0 radical (unpaired) electrons. The van der Waals surface area contributed by atoms with Gasteiger partial charge in [0.25, 0.3) is 0 Å². The Morgan fingerprint density at radius 1 is 1.29 bits per heavy atom. The van der Waals surface area contributed by atoms with Crippen molar-refractivity contribution in [2.24, 2.45) is 5.92 Å². The number of benzene rings is 1. The minimum absolute atomic E-state index is 0.00335. The molecule has 6 atom stereocenters. The molecule has 2 unspecified atom stereocenters. The first-order chi connectivity index (χ1) is 16.2. The monoisotopic (exact) mass is 489 g/mol. The van der Waals surface area contributed by atoms with Crippen LogP contribution in [0.25, 0.3) is 0 Å². The van der Waals surface area contributed by atoms with Gasteiger partial charge in [0.1, 0.15) is 5.60 Å². The summed E-state index contributed by atoms with van der Waals surface area (Å²) in [5.41, 5.74) is 6.99. The summed E-state index contributed by atoms with van der Waals surface area (Å²) >= 11 is 1.35. The van der Waals surface area contributed by atoms with Crippen molar-refractivity contribution in [2.75, 3.05) is 25.2 Å². The number of nitrogens with one attached hydrogen (secondary N) is 2. The second-order valence-corrected chi connectivity index (χ2v) is 10.9. The average Bonchev–Trinajstić information content (AvgIpc) is 3.70. The van der Waals surface area contributed by atoms with Crippen LogP contribution in [-0.2, 0) is 19.0 Å². The van der Waals surface area contributed by atoms with Crippen LogP contribution in [0.3, 0.4) is 0 Å². The number of nitrogens with two attached hydrogens (primary N) is 1. The number of nitrogen functional groups attached to an aromatic ring is 1. The number of allylic oxidation sites excluding steroid dienone is 1. The molecule has 0 bridgehead atoms. The molecule has 4 N–H and O–H groups in total. The van der Waals surface area contributed by atoms with E-state index in [1.165, 1.54) is 17.3 Å². The molecule has 3 amide bonds. The van der Waals surface area contributed by atoms with Crippen LogP contribution >= 0.6 is 11.8 Å². The third-order valence-corrected chi connectivity index (χ3v) is 8.13. The summed E-state index contributed by atoms with van der Waals surface area (Å²) in [6.45, 7) is 6.97. The maximum atomic E-state index is 12.6. The van der Waals surface area contributed by atoms with Gasteiger partial charge in [-0.3, -0.25) is 10.1 Å². The smallest absolute Gasteiger partial charge is 0.321 e. The molecule has 2 saturated heterocycles. The number of carbonyl (C=O) groups excluding carboxylic acids is 2. The van der Waals surface area contributed by atoms with Gasteiger partial charge in [0, 0.05) is 23.6 Å². The molecule has 4 rings (SSSR count). The number of epoxide rings is 2. The number of carbonyl (C=O) groups is 2. The molecule has 1 spiro atoms. The maximum absolute atomic E-state index is 12.6. The summed E-state index contributed by atoms with van der Waals surface area (Å²) in [7, 11) is 1.66. The van der Waals surface area contributed by atoms with E-state index in [1.807, 2.05) is 12.1 Å². The maximum Gasteiger partial charge on any atom is 0.321 e. The molecule has 1 aliphatic carbocycles. The van der Waals surface area contributed by atoms with E-state index in [0.29, 0.717) is 18.7 Å². The van der Waals surface area contributed by atoms with Crippen LogP contribution in [0.1, 0.15) is 40.0 Å². The fraction of sp³-hybridized carbons (Fsp3) is 0.600. The van der Waals surface area contributed by atoms with E-state index in [4.69, 9.17) is 19.9 Å². The summed E-state index contributed by atoms with van der Waals surface area (Å²) in [5.74, 6) is -0.230. The van der Waals surface area contributed by atoms with Crippen molar-refractivity contribution in [1.29, 1.82) is 0 Å². The number of methoxy groups -OCH3 is 1. The number of anilines is 1. The predicted molar refractivity (Wildman–Crippen MR) is 132 cm³/mol. The Hall–Kier alpha value is -2.07. The first-order valence-corrected chi connectivity index (χ1v) is 12.7. The molecule has 34 heavy (non-hydrogen) atoms. The van der Waals surface area contributed by atoms with E-state index < -0.39 is 6.03 Å². The van der Waals surface area contributed by atoms with Crippen LogP contribution in [0.2, 0.25) is 0 Å². The van der Waals surface area contributed by atoms with Gasteiger partial charge in [0.2, 0.25) is 5.91 Å². The lowest BCUT2D eigenvalue weighted by atomic mass is 9.67. The first kappa shape index (κ1) is 25.0. The number of urea groups is 1. The molecule has 3 aliphatic rings. The van der Waals surface area contributed by atoms with E-state index in [0.717, 1.165) is 17.7 Å². The Labute approximate surface area is 205 Å². The molecular formula is C25H35N3O5S. The first-order valence-electron chi connectivity index (χ1n) is 11.7. The standard InChI is InChI=1S/C25H35N3O5S/c1-15(2)5-10-19-24(3,33-19)22-21(31-4)18(11-12-25(22)14-32-25)27-23(30)28-20(29)13-34-17-8-6-16(26)7-9-17/h5-9,18-19,21-22H,10-14,26H2,1-4H3,(H2,27,28,29,30)/t18-,19-,21-,22?,24?,25+/m1/s1. The van der Waals surface area contributed by atoms with Crippen LogP contribution < -0.4 is 16.4 Å². The summed E-state index contributed by atoms with van der Waals surface area (Å²) < 4.78 is 18.1. The number of thioether (sulfide) groups is 1. The molecule has 1 aromatic carbocycles. The normalized spacial score (nSPS) is 33.8. The third kappa shape index (κ3) is 5.43. The van der Waals surface area contributed by atoms with Crippen molar-refractivity contribution in [3.05, 3.63) is 35.9 Å². The Morgan fingerprint density at radius 2 is 2.00 bits per heavy atom. The van der Waals surface area contributed by atoms with Gasteiger partial charge in [-0.25, -0.2) is 4.79 Å². The quantitative estimate of drug-likeness (QED) is 0.222. The van der Waals surface area contributed by atoms with Gasteiger partial charge in [0.15, 0.2) is 0 Å². The minimum Gasteiger partial charge on any atom is -0.399 e. The Kier molecular flexibility index (Phi) is 7.28. The zero-order valence-corrected chi connectivity index (χ0v) is 21.1. The van der Waals surface area contributed by atoms with E-state index in [-0.39, 0.29) is 47.0 Å². The largest absolute Gasteiger partial charge is 0.399 e. The molecule has 2 heterocycles. The highest BCUT2D eigenvalue weighted by molar-refractivity contribution is 8.00. The summed E-state index contributed by atoms with van der Waals surface area (Å²) in [5, 5.41) is 5.41. The highest BCUT2D eigenvalue weighted by Crippen LogP contribution is 2.59. The van der Waals surface area contributed by atoms with Crippen LogP contribution in [0.5, 0.6) is 0 Å². The van der Waals surface area contributed by atoms with Crippen LogP contribution in [0, 0.1) is 5.92 Å². The summed E-state index contributed by atoms with van der Waals surface area (Å²) in [4.78, 5) is 25.9. The topological polar surface area (TPSA) is 119 Å². The highest BCUT2D eigenvalue weighted by atomic mass is 32.2. The lowest BCUT2D eigenvalue weighted by molar-refractivity contribution is -0.117. The van der Waals surface area contributed by atoms with Gasteiger partial charge in [0.05, 0.1) is 36.2 Å². The average molecular weight is 490 g/mol. The van der Waals surface area contributed by atoms with Gasteiger partial charge in [-0.05, 0) is 64.3 Å². The number of amides is 3. The molecule has 2 aliphatic heterocycles. The molecule has 0 aromatic heterocycles. The number of rotatable bonds is 8. The molecule has 1 saturated carbocycles. The Morgan fingerprint density at radius 3 is 2.62 bits per heavy atom. The van der Waals surface area contributed by atoms with Crippen LogP contribution in [-0.4, -0.2) is 60.9 Å². The number of hydrogen-bond donors (Lipinski definition) is 3. The summed E-state index contributed by atoms with van der Waals surface area (Å²) in [6.07, 6.45) is 4.40. The van der Waals surface area contributed by atoms with Crippen LogP contribution in [0.4, 0.5) is 10.5 Å². The van der Waals surface area contributed by atoms with E-state index in [1.54, 1.807) is 19.2 Å². The molecule has 1 aromatic rings. The highest BCUT2D eigenvalue weighted by Gasteiger charge is 2.71. The molecular weight excluding hydrogens is 454 g/mol. The van der Waals surface area contributed by atoms with Crippen molar-refractivity contribution >= 4 is 29.4 Å². The van der Waals surface area contributed by atoms with Gasteiger partial charge in [-0.2, -0.15) is 0 Å². The second-order valence-electron chi connectivity index (χ2n) is 9.86. The molecule has 186 valence electrons. The Balaban J connectivity index is 1.34. The van der Waals surface area contributed by atoms with Gasteiger partial charge >= 0.3 is 6.03 Å². The molecule has 8 nitrogen and oxygen atoms in total. The zero-order valence-electron chi connectivity index (χ0n) is 20.3. The fourth-order valence-corrected chi connectivity index (χ4v) is 5.92. The lowest BCUT2D eigenvalue weighted by Crippen LogP contribution is -2.60. The fourth-order valence-electron chi connectivity index (χ4n) is 5.22.